The normalized spacial score (nSPS) is 16.6. The van der Waals surface area contributed by atoms with Gasteiger partial charge in [-0.3, -0.25) is 4.79 Å². The number of hydrogen-bond acceptors (Lipinski definition) is 4. The third-order valence-electron chi connectivity index (χ3n) is 5.66. The van der Waals surface area contributed by atoms with Crippen LogP contribution in [0, 0.1) is 12.7 Å². The van der Waals surface area contributed by atoms with Crippen LogP contribution in [0.4, 0.5) is 4.39 Å². The van der Waals surface area contributed by atoms with Crippen LogP contribution in [0.3, 0.4) is 0 Å². The first kappa shape index (κ1) is 24.2. The molecule has 0 bridgehead atoms. The SMILES string of the molecule is Cc1ccc(C(C)C)c(OC(C)C(=O)N2CCCN(S(=O)(=O)c3ccc(F)cc3)CC2)c1. The molecule has 1 saturated heterocycles. The molecule has 0 saturated carbocycles. The molecule has 1 atom stereocenters. The van der Waals surface area contributed by atoms with Crippen molar-refractivity contribution < 1.29 is 22.3 Å². The number of halogens is 1. The van der Waals surface area contributed by atoms with Crippen molar-refractivity contribution in [3.05, 3.63) is 59.4 Å². The first-order chi connectivity index (χ1) is 15.1. The molecule has 1 amide bonds. The quantitative estimate of drug-likeness (QED) is 0.652. The minimum absolute atomic E-state index is 0.0519. The van der Waals surface area contributed by atoms with E-state index >= 15 is 0 Å². The van der Waals surface area contributed by atoms with Crippen LogP contribution in [0.2, 0.25) is 0 Å². The Labute approximate surface area is 190 Å². The van der Waals surface area contributed by atoms with Crippen molar-refractivity contribution in [2.24, 2.45) is 0 Å². The van der Waals surface area contributed by atoms with Gasteiger partial charge >= 0.3 is 0 Å². The second-order valence-electron chi connectivity index (χ2n) is 8.49. The second-order valence-corrected chi connectivity index (χ2v) is 10.4. The van der Waals surface area contributed by atoms with E-state index in [2.05, 4.69) is 13.8 Å². The summed E-state index contributed by atoms with van der Waals surface area (Å²) >= 11 is 0. The summed E-state index contributed by atoms with van der Waals surface area (Å²) in [6, 6.07) is 10.8. The summed E-state index contributed by atoms with van der Waals surface area (Å²) in [7, 11) is -3.74. The number of ether oxygens (including phenoxy) is 1. The third kappa shape index (κ3) is 5.48. The summed E-state index contributed by atoms with van der Waals surface area (Å²) in [5, 5.41) is 0. The zero-order valence-electron chi connectivity index (χ0n) is 19.0. The average Bonchev–Trinajstić information content (AvgIpc) is 3.00. The van der Waals surface area contributed by atoms with Crippen LogP contribution in [-0.4, -0.2) is 55.8 Å². The Morgan fingerprint density at radius 2 is 1.69 bits per heavy atom. The fraction of sp³-hybridized carbons (Fsp3) is 0.458. The topological polar surface area (TPSA) is 66.9 Å². The van der Waals surface area contributed by atoms with Crippen LogP contribution in [0.25, 0.3) is 0 Å². The number of aryl methyl sites for hydroxylation is 1. The van der Waals surface area contributed by atoms with E-state index in [-0.39, 0.29) is 29.8 Å². The third-order valence-corrected chi connectivity index (χ3v) is 7.57. The minimum atomic E-state index is -3.74. The molecule has 6 nitrogen and oxygen atoms in total. The summed E-state index contributed by atoms with van der Waals surface area (Å²) in [5.74, 6) is 0.314. The van der Waals surface area contributed by atoms with Gasteiger partial charge in [0.1, 0.15) is 11.6 Å². The van der Waals surface area contributed by atoms with Crippen LogP contribution in [0.5, 0.6) is 5.75 Å². The standard InChI is InChI=1S/C24H31FN2O4S/c1-17(2)22-11-6-18(3)16-23(22)31-19(4)24(28)26-12-5-13-27(15-14-26)32(29,30)21-9-7-20(25)8-10-21/h6-11,16-17,19H,5,12-15H2,1-4H3. The van der Waals surface area contributed by atoms with Crippen LogP contribution >= 0.6 is 0 Å². The van der Waals surface area contributed by atoms with Gasteiger partial charge in [-0.2, -0.15) is 4.31 Å². The fourth-order valence-electron chi connectivity index (χ4n) is 3.83. The Morgan fingerprint density at radius 1 is 1.00 bits per heavy atom. The van der Waals surface area contributed by atoms with Gasteiger partial charge in [-0.15, -0.1) is 0 Å². The van der Waals surface area contributed by atoms with E-state index in [1.165, 1.54) is 16.4 Å². The lowest BCUT2D eigenvalue weighted by Crippen LogP contribution is -2.43. The number of rotatable bonds is 6. The number of hydrogen-bond donors (Lipinski definition) is 0. The molecule has 0 radical (unpaired) electrons. The minimum Gasteiger partial charge on any atom is -0.481 e. The van der Waals surface area contributed by atoms with Crippen LogP contribution in [0.15, 0.2) is 47.4 Å². The maximum absolute atomic E-state index is 13.2. The van der Waals surface area contributed by atoms with Gasteiger partial charge in [0.15, 0.2) is 6.10 Å². The molecule has 0 spiro atoms. The summed E-state index contributed by atoms with van der Waals surface area (Å²) in [6.07, 6.45) is -0.171. The van der Waals surface area contributed by atoms with E-state index in [1.54, 1.807) is 11.8 Å². The summed E-state index contributed by atoms with van der Waals surface area (Å²) in [5.41, 5.74) is 2.10. The van der Waals surface area contributed by atoms with Crippen molar-refractivity contribution in [1.82, 2.24) is 9.21 Å². The van der Waals surface area contributed by atoms with E-state index < -0.39 is 21.9 Å². The van der Waals surface area contributed by atoms with Crippen molar-refractivity contribution in [2.75, 3.05) is 26.2 Å². The number of benzene rings is 2. The second kappa shape index (κ2) is 10.0. The molecule has 2 aromatic rings. The van der Waals surface area contributed by atoms with Crippen LogP contribution < -0.4 is 4.74 Å². The van der Waals surface area contributed by atoms with Crippen LogP contribution in [-0.2, 0) is 14.8 Å². The number of nitrogens with zero attached hydrogens (tertiary/aromatic N) is 2. The molecule has 0 N–H and O–H groups in total. The van der Waals surface area contributed by atoms with Gasteiger partial charge in [-0.1, -0.05) is 26.0 Å². The highest BCUT2D eigenvalue weighted by Crippen LogP contribution is 2.28. The molecule has 1 unspecified atom stereocenters. The van der Waals surface area contributed by atoms with Crippen LogP contribution in [0.1, 0.15) is 44.2 Å². The Kier molecular flexibility index (Phi) is 7.56. The predicted molar refractivity (Wildman–Crippen MR) is 122 cm³/mol. The Bertz CT molecular complexity index is 1050. The average molecular weight is 463 g/mol. The van der Waals surface area contributed by atoms with Gasteiger partial charge in [-0.05, 0) is 67.6 Å². The summed E-state index contributed by atoms with van der Waals surface area (Å²) < 4.78 is 46.4. The van der Waals surface area contributed by atoms with Gasteiger partial charge in [0.25, 0.3) is 5.91 Å². The van der Waals surface area contributed by atoms with Crippen molar-refractivity contribution in [1.29, 1.82) is 0 Å². The molecule has 174 valence electrons. The molecule has 0 aliphatic carbocycles. The number of sulfonamides is 1. The number of carbonyl (C=O) groups excluding carboxylic acids is 1. The number of amides is 1. The summed E-state index contributed by atoms with van der Waals surface area (Å²) in [4.78, 5) is 14.8. The van der Waals surface area contributed by atoms with Crippen molar-refractivity contribution in [3.8, 4) is 5.75 Å². The van der Waals surface area contributed by atoms with E-state index in [0.717, 1.165) is 23.3 Å². The molecule has 1 aliphatic heterocycles. The highest BCUT2D eigenvalue weighted by Gasteiger charge is 2.30. The highest BCUT2D eigenvalue weighted by atomic mass is 32.2. The van der Waals surface area contributed by atoms with E-state index in [0.29, 0.717) is 25.3 Å². The molecular formula is C24H31FN2O4S. The van der Waals surface area contributed by atoms with Gasteiger partial charge in [0.2, 0.25) is 10.0 Å². The first-order valence-electron chi connectivity index (χ1n) is 10.9. The molecule has 1 heterocycles. The smallest absolute Gasteiger partial charge is 0.263 e. The van der Waals surface area contributed by atoms with Crippen molar-refractivity contribution >= 4 is 15.9 Å². The fourth-order valence-corrected chi connectivity index (χ4v) is 5.30. The Balaban J connectivity index is 1.68. The first-order valence-corrected chi connectivity index (χ1v) is 12.4. The zero-order valence-corrected chi connectivity index (χ0v) is 19.9. The monoisotopic (exact) mass is 462 g/mol. The molecule has 0 aromatic heterocycles. The maximum Gasteiger partial charge on any atom is 0.263 e. The molecule has 8 heteroatoms. The molecular weight excluding hydrogens is 431 g/mol. The predicted octanol–water partition coefficient (Wildman–Crippen LogP) is 3.95. The number of carbonyl (C=O) groups is 1. The van der Waals surface area contributed by atoms with Gasteiger partial charge in [-0.25, -0.2) is 12.8 Å². The molecule has 1 aliphatic rings. The zero-order chi connectivity index (χ0) is 23.5. The van der Waals surface area contributed by atoms with Gasteiger partial charge < -0.3 is 9.64 Å². The van der Waals surface area contributed by atoms with Crippen molar-refractivity contribution in [2.45, 2.75) is 51.0 Å². The lowest BCUT2D eigenvalue weighted by atomic mass is 10.0. The van der Waals surface area contributed by atoms with E-state index in [1.807, 2.05) is 25.1 Å². The maximum atomic E-state index is 13.2. The van der Waals surface area contributed by atoms with Gasteiger partial charge in [0, 0.05) is 26.2 Å². The molecule has 3 rings (SSSR count). The Hall–Kier alpha value is -2.45. The van der Waals surface area contributed by atoms with E-state index in [9.17, 15) is 17.6 Å². The summed E-state index contributed by atoms with van der Waals surface area (Å²) in [6.45, 7) is 9.07. The highest BCUT2D eigenvalue weighted by molar-refractivity contribution is 7.89. The molecule has 2 aromatic carbocycles. The van der Waals surface area contributed by atoms with E-state index in [4.69, 9.17) is 4.74 Å². The van der Waals surface area contributed by atoms with Crippen molar-refractivity contribution in [3.63, 3.8) is 0 Å². The largest absolute Gasteiger partial charge is 0.481 e. The lowest BCUT2D eigenvalue weighted by Gasteiger charge is -2.26. The lowest BCUT2D eigenvalue weighted by molar-refractivity contribution is -0.137. The Morgan fingerprint density at radius 3 is 2.34 bits per heavy atom. The molecule has 32 heavy (non-hydrogen) atoms. The van der Waals surface area contributed by atoms with Gasteiger partial charge in [0.05, 0.1) is 4.90 Å². The molecule has 1 fully saturated rings.